The zero-order chi connectivity index (χ0) is 22.2. The average molecular weight is 487 g/mol. The Morgan fingerprint density at radius 1 is 1.47 bits per heavy atom. The van der Waals surface area contributed by atoms with Crippen molar-refractivity contribution in [3.8, 4) is 0 Å². The minimum Gasteiger partial charge on any atom is -0.481 e. The molecule has 2 N–H and O–H groups in total. The molecular weight excluding hydrogens is 456 g/mol. The fourth-order valence-electron chi connectivity index (χ4n) is 5.36. The molecule has 9 heteroatoms. The van der Waals surface area contributed by atoms with Crippen LogP contribution in [0.25, 0.3) is 0 Å². The topological polar surface area (TPSA) is 107 Å². The van der Waals surface area contributed by atoms with Crippen molar-refractivity contribution in [3.63, 3.8) is 0 Å². The highest BCUT2D eigenvalue weighted by atomic mass is 79.9. The Hall–Kier alpha value is -1.45. The molecule has 3 aliphatic rings. The van der Waals surface area contributed by atoms with E-state index in [4.69, 9.17) is 4.74 Å². The minimum atomic E-state index is -1.20. The number of aliphatic carboxylic acids is 1. The van der Waals surface area contributed by atoms with Crippen molar-refractivity contribution in [1.82, 2.24) is 9.80 Å². The lowest BCUT2D eigenvalue weighted by Gasteiger charge is -2.38. The number of carboxylic acids is 1. The molecule has 8 nitrogen and oxygen atoms in total. The van der Waals surface area contributed by atoms with Crippen molar-refractivity contribution in [2.75, 3.05) is 19.7 Å². The highest BCUT2D eigenvalue weighted by Gasteiger charge is 2.77. The molecule has 1 unspecified atom stereocenters. The van der Waals surface area contributed by atoms with Crippen LogP contribution in [0.1, 0.15) is 39.5 Å². The summed E-state index contributed by atoms with van der Waals surface area (Å²) < 4.78 is 6.21. The number of likely N-dealkylation sites (tertiary alicyclic amines) is 1. The first kappa shape index (κ1) is 23.2. The third-order valence-corrected chi connectivity index (χ3v) is 7.52. The van der Waals surface area contributed by atoms with Gasteiger partial charge in [0.2, 0.25) is 11.8 Å². The number of nitrogens with zero attached hydrogens (tertiary/aromatic N) is 2. The molecule has 3 rings (SSSR count). The van der Waals surface area contributed by atoms with E-state index in [-0.39, 0.29) is 17.3 Å². The molecule has 2 amide bonds. The molecular formula is C21H31BrN2O6. The van der Waals surface area contributed by atoms with Crippen LogP contribution >= 0.6 is 15.9 Å². The number of carbonyl (C=O) groups is 3. The molecule has 3 heterocycles. The van der Waals surface area contributed by atoms with Crippen LogP contribution < -0.4 is 0 Å². The normalized spacial score (nSPS) is 35.4. The fraction of sp³-hybridized carbons (Fsp3) is 0.762. The number of hydrogen-bond donors (Lipinski definition) is 2. The number of aliphatic hydroxyl groups is 1. The van der Waals surface area contributed by atoms with Crippen molar-refractivity contribution in [3.05, 3.63) is 12.7 Å². The number of amides is 2. The molecule has 0 aromatic rings. The standard InChI is InChI=1S/C21H31BrN2O6/c1-4-6-7-9-23(8-5-2)19(27)17-21-10-13(22)16(30-21)14(20(28)29)15(21)18(26)24(17)12(3)11-25/h5,12-17,25H,2,4,6-11H2,1,3H3,(H,28,29)/t12-,13?,14+,15-,16+,17+,21-/m1/s1. The van der Waals surface area contributed by atoms with E-state index in [1.54, 1.807) is 17.9 Å². The molecule has 1 spiro atoms. The first-order chi connectivity index (χ1) is 14.2. The van der Waals surface area contributed by atoms with Crippen LogP contribution in [-0.4, -0.2) is 86.1 Å². The van der Waals surface area contributed by atoms with E-state index in [0.717, 1.165) is 19.3 Å². The Labute approximate surface area is 185 Å². The number of hydrogen-bond acceptors (Lipinski definition) is 5. The number of alkyl halides is 1. The van der Waals surface area contributed by atoms with Gasteiger partial charge in [0.15, 0.2) is 0 Å². The van der Waals surface area contributed by atoms with E-state index < -0.39 is 47.5 Å². The monoisotopic (exact) mass is 486 g/mol. The maximum absolute atomic E-state index is 13.8. The van der Waals surface area contributed by atoms with Crippen molar-refractivity contribution in [1.29, 1.82) is 0 Å². The van der Waals surface area contributed by atoms with Crippen LogP contribution in [0, 0.1) is 11.8 Å². The van der Waals surface area contributed by atoms with Gasteiger partial charge >= 0.3 is 5.97 Å². The number of unbranched alkanes of at least 4 members (excludes halogenated alkanes) is 2. The SMILES string of the molecule is C=CCN(CCCCC)C(=O)[C@@H]1N([C@H](C)CO)C(=O)[C@H]2[C@H](C(=O)O)[C@H]3O[C@@]12CC3Br. The summed E-state index contributed by atoms with van der Waals surface area (Å²) in [6.45, 7) is 8.03. The van der Waals surface area contributed by atoms with E-state index in [1.165, 1.54) is 4.90 Å². The van der Waals surface area contributed by atoms with Gasteiger partial charge in [0.1, 0.15) is 11.6 Å². The van der Waals surface area contributed by atoms with Crippen LogP contribution in [-0.2, 0) is 19.1 Å². The fourth-order valence-corrected chi connectivity index (χ4v) is 6.31. The highest BCUT2D eigenvalue weighted by Crippen LogP contribution is 2.60. The van der Waals surface area contributed by atoms with Crippen LogP contribution in [0.2, 0.25) is 0 Å². The summed E-state index contributed by atoms with van der Waals surface area (Å²) in [5.74, 6) is -3.74. The summed E-state index contributed by atoms with van der Waals surface area (Å²) in [5, 5.41) is 19.6. The summed E-state index contributed by atoms with van der Waals surface area (Å²) in [4.78, 5) is 42.0. The second-order valence-electron chi connectivity index (χ2n) is 8.56. The summed E-state index contributed by atoms with van der Waals surface area (Å²) in [5.41, 5.74) is -1.20. The molecule has 168 valence electrons. The van der Waals surface area contributed by atoms with Crippen LogP contribution in [0.15, 0.2) is 12.7 Å². The summed E-state index contributed by atoms with van der Waals surface area (Å²) in [6, 6.07) is -1.59. The Morgan fingerprint density at radius 2 is 2.17 bits per heavy atom. The van der Waals surface area contributed by atoms with Crippen molar-refractivity contribution < 1.29 is 29.3 Å². The Bertz CT molecular complexity index is 718. The number of carboxylic acid groups (broad SMARTS) is 1. The molecule has 0 aromatic heterocycles. The smallest absolute Gasteiger partial charge is 0.310 e. The number of carbonyl (C=O) groups excluding carboxylic acids is 2. The van der Waals surface area contributed by atoms with Gasteiger partial charge in [0, 0.05) is 17.9 Å². The lowest BCUT2D eigenvalue weighted by atomic mass is 9.70. The molecule has 3 saturated heterocycles. The molecule has 7 atom stereocenters. The average Bonchev–Trinajstić information content (AvgIpc) is 3.30. The summed E-state index contributed by atoms with van der Waals surface area (Å²) >= 11 is 3.52. The van der Waals surface area contributed by atoms with E-state index >= 15 is 0 Å². The number of rotatable bonds is 10. The van der Waals surface area contributed by atoms with Crippen LogP contribution in [0.4, 0.5) is 0 Å². The zero-order valence-electron chi connectivity index (χ0n) is 17.5. The van der Waals surface area contributed by atoms with Crippen LogP contribution in [0.5, 0.6) is 0 Å². The Balaban J connectivity index is 2.03. The van der Waals surface area contributed by atoms with Gasteiger partial charge in [-0.1, -0.05) is 41.8 Å². The first-order valence-corrected chi connectivity index (χ1v) is 11.5. The molecule has 0 saturated carbocycles. The Morgan fingerprint density at radius 3 is 2.73 bits per heavy atom. The molecule has 0 aromatic carbocycles. The molecule has 3 aliphatic heterocycles. The number of fused-ring (bicyclic) bond motifs is 1. The summed E-state index contributed by atoms with van der Waals surface area (Å²) in [6.07, 6.45) is 4.17. The zero-order valence-corrected chi connectivity index (χ0v) is 19.1. The maximum atomic E-state index is 13.8. The first-order valence-electron chi connectivity index (χ1n) is 10.6. The largest absolute Gasteiger partial charge is 0.481 e. The molecule has 0 radical (unpaired) electrons. The molecule has 0 aliphatic carbocycles. The van der Waals surface area contributed by atoms with Gasteiger partial charge in [-0.2, -0.15) is 0 Å². The summed E-state index contributed by atoms with van der Waals surface area (Å²) in [7, 11) is 0. The van der Waals surface area contributed by atoms with Crippen molar-refractivity contribution in [2.24, 2.45) is 11.8 Å². The van der Waals surface area contributed by atoms with Crippen molar-refractivity contribution >= 4 is 33.7 Å². The van der Waals surface area contributed by atoms with Gasteiger partial charge in [-0.3, -0.25) is 14.4 Å². The minimum absolute atomic E-state index is 0.254. The molecule has 30 heavy (non-hydrogen) atoms. The third-order valence-electron chi connectivity index (χ3n) is 6.68. The van der Waals surface area contributed by atoms with Gasteiger partial charge in [-0.25, -0.2) is 0 Å². The quantitative estimate of drug-likeness (QED) is 0.274. The number of aliphatic hydroxyl groups excluding tert-OH is 1. The number of ether oxygens (including phenoxy) is 1. The lowest BCUT2D eigenvalue weighted by molar-refractivity contribution is -0.152. The van der Waals surface area contributed by atoms with Gasteiger partial charge < -0.3 is 24.7 Å². The van der Waals surface area contributed by atoms with Crippen molar-refractivity contribution in [2.45, 2.75) is 68.1 Å². The second kappa shape index (κ2) is 8.96. The van der Waals surface area contributed by atoms with Gasteiger partial charge in [0.05, 0.1) is 30.6 Å². The van der Waals surface area contributed by atoms with Gasteiger partial charge in [0.25, 0.3) is 0 Å². The van der Waals surface area contributed by atoms with E-state index in [0.29, 0.717) is 19.5 Å². The van der Waals surface area contributed by atoms with Gasteiger partial charge in [-0.15, -0.1) is 6.58 Å². The maximum Gasteiger partial charge on any atom is 0.310 e. The van der Waals surface area contributed by atoms with E-state index in [9.17, 15) is 24.6 Å². The predicted octanol–water partition coefficient (Wildman–Crippen LogP) is 1.40. The highest BCUT2D eigenvalue weighted by molar-refractivity contribution is 9.09. The number of halogens is 1. The third kappa shape index (κ3) is 3.48. The van der Waals surface area contributed by atoms with Crippen LogP contribution in [0.3, 0.4) is 0 Å². The van der Waals surface area contributed by atoms with E-state index in [2.05, 4.69) is 29.4 Å². The lowest BCUT2D eigenvalue weighted by Crippen LogP contribution is -2.58. The molecule has 2 bridgehead atoms. The Kier molecular flexibility index (Phi) is 6.94. The predicted molar refractivity (Wildman–Crippen MR) is 113 cm³/mol. The van der Waals surface area contributed by atoms with Gasteiger partial charge in [-0.05, 0) is 19.8 Å². The second-order valence-corrected chi connectivity index (χ2v) is 9.74. The van der Waals surface area contributed by atoms with E-state index in [1.807, 2.05) is 0 Å². The molecule has 3 fully saturated rings.